The molecule has 2 aromatic rings. The van der Waals surface area contributed by atoms with Gasteiger partial charge in [-0.25, -0.2) is 8.42 Å². The number of Topliss-reactive ketones (excluding diaryl/α,β-unsaturated/α-hetero) is 1. The van der Waals surface area contributed by atoms with Crippen LogP contribution in [0.1, 0.15) is 115 Å². The fraction of sp³-hybridized carbons (Fsp3) is 0.524. The molecule has 0 aromatic heterocycles. The Kier molecular flexibility index (Phi) is 14.8. The average molecular weight is 782 g/mol. The van der Waals surface area contributed by atoms with Gasteiger partial charge in [0.05, 0.1) is 16.1 Å². The summed E-state index contributed by atoms with van der Waals surface area (Å²) < 4.78 is 70.0. The highest BCUT2D eigenvalue weighted by atomic mass is 32.2. The summed E-state index contributed by atoms with van der Waals surface area (Å²) >= 11 is 0. The molecule has 1 unspecified atom stereocenters. The number of hydrogen-bond donors (Lipinski definition) is 2. The van der Waals surface area contributed by atoms with E-state index in [2.05, 4.69) is 49.9 Å². The van der Waals surface area contributed by atoms with Crippen LogP contribution >= 0.6 is 0 Å². The Morgan fingerprint density at radius 1 is 0.907 bits per heavy atom. The number of ketones is 1. The smallest absolute Gasteiger partial charge is 0.265 e. The topological polar surface area (TPSA) is 161 Å². The molecule has 2 aliphatic rings. The summed E-state index contributed by atoms with van der Waals surface area (Å²) in [6, 6.07) is 11.0. The fourth-order valence-electron chi connectivity index (χ4n) is 7.87. The van der Waals surface area contributed by atoms with E-state index < -0.39 is 31.4 Å². The summed E-state index contributed by atoms with van der Waals surface area (Å²) in [5.41, 5.74) is 11.8. The molecule has 2 aromatic carbocycles. The third kappa shape index (κ3) is 10.7. The normalized spacial score (nSPS) is 19.1. The van der Waals surface area contributed by atoms with Crippen molar-refractivity contribution in [1.82, 2.24) is 0 Å². The van der Waals surface area contributed by atoms with Crippen LogP contribution in [0.25, 0.3) is 0 Å². The highest BCUT2D eigenvalue weighted by Crippen LogP contribution is 2.51. The number of fused-ring (bicyclic) bond motifs is 2. The molecule has 296 valence electrons. The van der Waals surface area contributed by atoms with E-state index in [1.54, 1.807) is 6.07 Å². The quantitative estimate of drug-likeness (QED) is 0.0558. The van der Waals surface area contributed by atoms with Gasteiger partial charge < -0.3 is 15.2 Å². The zero-order valence-corrected chi connectivity index (χ0v) is 34.3. The molecule has 54 heavy (non-hydrogen) atoms. The van der Waals surface area contributed by atoms with Gasteiger partial charge >= 0.3 is 0 Å². The lowest BCUT2D eigenvalue weighted by Gasteiger charge is -2.30. The molecule has 0 saturated heterocycles. The van der Waals surface area contributed by atoms with Crippen molar-refractivity contribution in [2.75, 3.05) is 30.3 Å². The molecule has 0 saturated carbocycles. The monoisotopic (exact) mass is 781 g/mol. The molecule has 10 nitrogen and oxygen atoms in total. The maximum Gasteiger partial charge on any atom is 0.265 e. The van der Waals surface area contributed by atoms with Gasteiger partial charge in [-0.05, 0) is 96.2 Å². The number of hydrogen-bond acceptors (Lipinski definition) is 8. The van der Waals surface area contributed by atoms with Crippen molar-refractivity contribution in [2.45, 2.75) is 121 Å². The number of nitrogens with two attached hydrogens (primary N) is 1. The largest absolute Gasteiger partial charge is 0.744 e. The first-order chi connectivity index (χ1) is 25.4. The number of rotatable bonds is 21. The van der Waals surface area contributed by atoms with Crippen molar-refractivity contribution in [3.05, 3.63) is 89.2 Å². The molecular formula is C42H59N3O7S2. The minimum Gasteiger partial charge on any atom is -0.744 e. The van der Waals surface area contributed by atoms with Crippen LogP contribution in [-0.4, -0.2) is 67.4 Å². The van der Waals surface area contributed by atoms with E-state index in [9.17, 15) is 30.7 Å². The molecule has 2 heterocycles. The highest BCUT2D eigenvalue weighted by molar-refractivity contribution is 7.86. The summed E-state index contributed by atoms with van der Waals surface area (Å²) in [5, 5.41) is 0. The lowest BCUT2D eigenvalue weighted by atomic mass is 9.76. The van der Waals surface area contributed by atoms with Gasteiger partial charge in [-0.15, -0.1) is 0 Å². The van der Waals surface area contributed by atoms with Gasteiger partial charge in [0.15, 0.2) is 5.71 Å². The molecule has 12 heteroatoms. The molecule has 0 amide bonds. The number of allylic oxidation sites excluding steroid dienone is 6. The third-order valence-electron chi connectivity index (χ3n) is 10.8. The van der Waals surface area contributed by atoms with E-state index in [0.29, 0.717) is 36.4 Å². The first kappa shape index (κ1) is 43.3. The number of unbranched alkanes of at least 4 members (excludes halogenated alkanes) is 4. The van der Waals surface area contributed by atoms with Crippen molar-refractivity contribution in [3.8, 4) is 0 Å². The number of carbonyl (C=O) groups excluding carboxylic acids is 1. The van der Waals surface area contributed by atoms with Gasteiger partial charge in [-0.3, -0.25) is 9.35 Å². The van der Waals surface area contributed by atoms with E-state index in [1.807, 2.05) is 42.7 Å². The molecule has 2 aliphatic heterocycles. The first-order valence-corrected chi connectivity index (χ1v) is 22.3. The van der Waals surface area contributed by atoms with Gasteiger partial charge in [-0.2, -0.15) is 13.0 Å². The van der Waals surface area contributed by atoms with Crippen LogP contribution in [0.4, 0.5) is 11.4 Å². The second-order valence-electron chi connectivity index (χ2n) is 15.4. The van der Waals surface area contributed by atoms with Crippen LogP contribution in [0.5, 0.6) is 0 Å². The van der Waals surface area contributed by atoms with Crippen LogP contribution in [0.3, 0.4) is 0 Å². The molecule has 3 N–H and O–H groups in total. The van der Waals surface area contributed by atoms with Crippen LogP contribution < -0.4 is 10.6 Å². The van der Waals surface area contributed by atoms with E-state index >= 15 is 0 Å². The molecule has 1 atom stereocenters. The van der Waals surface area contributed by atoms with Crippen molar-refractivity contribution in [1.29, 1.82) is 0 Å². The molecule has 0 spiro atoms. The molecule has 0 aliphatic carbocycles. The van der Waals surface area contributed by atoms with Gasteiger partial charge in [-0.1, -0.05) is 62.1 Å². The molecule has 0 bridgehead atoms. The summed E-state index contributed by atoms with van der Waals surface area (Å²) in [4.78, 5) is 14.5. The van der Waals surface area contributed by atoms with Gasteiger partial charge in [0.1, 0.15) is 22.4 Å². The predicted molar refractivity (Wildman–Crippen MR) is 216 cm³/mol. The SMILES string of the molecule is CCCCN1C(=CC=CC=CC2=[N+](CCCS(=O)(=O)O)c3ccc(S(=O)(=O)[O-])cc3C2(C)C)C(C)(CCCCCC(=O)CCCCN)c2cc(C)ccc21. The second kappa shape index (κ2) is 18.5. The van der Waals surface area contributed by atoms with E-state index in [-0.39, 0.29) is 23.3 Å². The van der Waals surface area contributed by atoms with Crippen LogP contribution in [-0.2, 0) is 35.9 Å². The van der Waals surface area contributed by atoms with E-state index in [1.165, 1.54) is 34.6 Å². The molecule has 0 fully saturated rings. The molecule has 4 rings (SSSR count). The Labute approximate surface area is 323 Å². The maximum atomic E-state index is 12.4. The van der Waals surface area contributed by atoms with Gasteiger partial charge in [0, 0.05) is 60.3 Å². The zero-order chi connectivity index (χ0) is 39.7. The number of anilines is 1. The number of benzene rings is 2. The Bertz CT molecular complexity index is 2010. The summed E-state index contributed by atoms with van der Waals surface area (Å²) in [7, 11) is -8.85. The Morgan fingerprint density at radius 3 is 2.30 bits per heavy atom. The zero-order valence-electron chi connectivity index (χ0n) is 32.6. The standard InChI is InChI=1S/C42H59N3O7S2/c1-6-7-27-45-38-23-21-32(2)30-36(38)42(5,25-14-9-10-17-33(46)18-13-15-26-43)40(45)20-12-8-11-19-39-41(3,4)35-31-34(54(50,51)52)22-24-37(35)44(39)28-16-29-53(47,48)49/h8,11-12,19-24,30-31H,6-7,9-10,13-18,25-29,43H2,1-5H3,(H-,47,48,49,50,51,52). The minimum atomic E-state index is -4.68. The van der Waals surface area contributed by atoms with Crippen LogP contribution in [0.15, 0.2) is 77.4 Å². The average Bonchev–Trinajstić information content (AvgIpc) is 3.44. The number of aryl methyl sites for hydroxylation is 1. The molecule has 0 radical (unpaired) electrons. The van der Waals surface area contributed by atoms with Crippen LogP contribution in [0, 0.1) is 6.92 Å². The Morgan fingerprint density at radius 2 is 1.63 bits per heavy atom. The Balaban J connectivity index is 1.63. The van der Waals surface area contributed by atoms with Crippen molar-refractivity contribution >= 4 is 43.1 Å². The van der Waals surface area contributed by atoms with Crippen molar-refractivity contribution in [3.63, 3.8) is 0 Å². The fourth-order valence-corrected chi connectivity index (χ4v) is 8.86. The summed E-state index contributed by atoms with van der Waals surface area (Å²) in [6.45, 7) is 12.3. The molecular weight excluding hydrogens is 723 g/mol. The highest BCUT2D eigenvalue weighted by Gasteiger charge is 2.45. The maximum absolute atomic E-state index is 12.4. The summed E-state index contributed by atoms with van der Waals surface area (Å²) in [5.74, 6) is -0.0929. The minimum absolute atomic E-state index is 0.145. The lowest BCUT2D eigenvalue weighted by molar-refractivity contribution is -0.437. The van der Waals surface area contributed by atoms with Gasteiger partial charge in [0.25, 0.3) is 10.1 Å². The van der Waals surface area contributed by atoms with E-state index in [4.69, 9.17) is 5.73 Å². The predicted octanol–water partition coefficient (Wildman–Crippen LogP) is 7.78. The number of carbonyl (C=O) groups is 1. The van der Waals surface area contributed by atoms with Crippen LogP contribution in [0.2, 0.25) is 0 Å². The number of nitrogens with zero attached hydrogens (tertiary/aromatic N) is 2. The third-order valence-corrected chi connectivity index (χ3v) is 12.5. The first-order valence-electron chi connectivity index (χ1n) is 19.3. The Hall–Kier alpha value is -3.42. The summed E-state index contributed by atoms with van der Waals surface area (Å²) in [6.07, 6.45) is 19.1. The van der Waals surface area contributed by atoms with Gasteiger partial charge in [0.2, 0.25) is 5.69 Å². The van der Waals surface area contributed by atoms with E-state index in [0.717, 1.165) is 63.6 Å². The lowest BCUT2D eigenvalue weighted by Crippen LogP contribution is -2.29. The van der Waals surface area contributed by atoms with Crippen molar-refractivity contribution < 1.29 is 35.3 Å². The second-order valence-corrected chi connectivity index (χ2v) is 18.4. The van der Waals surface area contributed by atoms with Crippen molar-refractivity contribution in [2.24, 2.45) is 5.73 Å².